The van der Waals surface area contributed by atoms with Gasteiger partial charge in [0.05, 0.1) is 10.7 Å². The lowest BCUT2D eigenvalue weighted by atomic mass is 10.2. The Morgan fingerprint density at radius 1 is 1.36 bits per heavy atom. The number of hydrogen-bond donors (Lipinski definition) is 2. The maximum absolute atomic E-state index is 12.3. The fourth-order valence-electron chi connectivity index (χ4n) is 2.33. The van der Waals surface area contributed by atoms with E-state index in [1.54, 1.807) is 6.92 Å². The van der Waals surface area contributed by atoms with E-state index >= 15 is 0 Å². The zero-order chi connectivity index (χ0) is 18.1. The number of hydrogen-bond acceptors (Lipinski definition) is 6. The van der Waals surface area contributed by atoms with Crippen LogP contribution in [0.2, 0.25) is 5.02 Å². The average molecular weight is 377 g/mol. The monoisotopic (exact) mass is 376 g/mol. The van der Waals surface area contributed by atoms with Crippen LogP contribution >= 0.6 is 22.9 Å². The van der Waals surface area contributed by atoms with Gasteiger partial charge in [-0.25, -0.2) is 10.2 Å². The summed E-state index contributed by atoms with van der Waals surface area (Å²) in [6.07, 6.45) is 0. The van der Waals surface area contributed by atoms with Crippen molar-refractivity contribution in [2.24, 2.45) is 5.10 Å². The number of thiophene rings is 1. The molecule has 128 valence electrons. The quantitative estimate of drug-likeness (QED) is 0.538. The molecule has 2 heterocycles. The fourth-order valence-corrected chi connectivity index (χ4v) is 3.74. The van der Waals surface area contributed by atoms with Gasteiger partial charge in [-0.2, -0.15) is 5.10 Å². The van der Waals surface area contributed by atoms with Crippen LogP contribution in [0.5, 0.6) is 5.75 Å². The molecule has 0 spiro atoms. The highest BCUT2D eigenvalue weighted by atomic mass is 35.5. The van der Waals surface area contributed by atoms with Crippen molar-refractivity contribution in [1.29, 1.82) is 0 Å². The minimum Gasteiger partial charge on any atom is -0.507 e. The number of carbonyl (C=O) groups is 1. The summed E-state index contributed by atoms with van der Waals surface area (Å²) < 4.78 is 5.82. The molecule has 0 atom stereocenters. The summed E-state index contributed by atoms with van der Waals surface area (Å²) in [5.74, 6) is -0.481. The smallest absolute Gasteiger partial charge is 0.348 e. The molecule has 1 amide bonds. The SMILES string of the molecule is CC(=NNC(=O)c1sc2ccccc2c1Cl)c1c(O)cc(C)oc1=O. The summed E-state index contributed by atoms with van der Waals surface area (Å²) >= 11 is 7.49. The van der Waals surface area contributed by atoms with Gasteiger partial charge in [0.1, 0.15) is 22.0 Å². The zero-order valence-corrected chi connectivity index (χ0v) is 14.9. The molecular formula is C17H13ClN2O4S. The lowest BCUT2D eigenvalue weighted by molar-refractivity contribution is 0.0959. The number of aryl methyl sites for hydroxylation is 1. The molecule has 25 heavy (non-hydrogen) atoms. The summed E-state index contributed by atoms with van der Waals surface area (Å²) in [5.41, 5.74) is 1.64. The van der Waals surface area contributed by atoms with E-state index in [1.807, 2.05) is 24.3 Å². The molecule has 2 N–H and O–H groups in total. The standard InChI is InChI=1S/C17H13ClN2O4S/c1-8-7-11(21)13(17(23)24-8)9(2)19-20-16(22)15-14(18)10-5-3-4-6-12(10)25-15/h3-7,21H,1-2H3,(H,20,22). The third kappa shape index (κ3) is 3.29. The molecule has 3 aromatic rings. The van der Waals surface area contributed by atoms with E-state index in [4.69, 9.17) is 16.0 Å². The van der Waals surface area contributed by atoms with E-state index in [1.165, 1.54) is 24.3 Å². The second-order valence-corrected chi connectivity index (χ2v) is 6.71. The van der Waals surface area contributed by atoms with Crippen LogP contribution in [-0.4, -0.2) is 16.7 Å². The first-order chi connectivity index (χ1) is 11.9. The van der Waals surface area contributed by atoms with Gasteiger partial charge in [-0.3, -0.25) is 4.79 Å². The highest BCUT2D eigenvalue weighted by molar-refractivity contribution is 7.21. The first-order valence-corrected chi connectivity index (χ1v) is 8.43. The molecule has 8 heteroatoms. The largest absolute Gasteiger partial charge is 0.507 e. The average Bonchev–Trinajstić information content (AvgIpc) is 2.89. The number of fused-ring (bicyclic) bond motifs is 1. The van der Waals surface area contributed by atoms with Crippen LogP contribution < -0.4 is 11.1 Å². The predicted molar refractivity (Wildman–Crippen MR) is 97.9 cm³/mol. The molecule has 2 aromatic heterocycles. The van der Waals surface area contributed by atoms with Gasteiger partial charge in [0.2, 0.25) is 0 Å². The van der Waals surface area contributed by atoms with Gasteiger partial charge in [0.15, 0.2) is 0 Å². The number of benzene rings is 1. The number of nitrogens with zero attached hydrogens (tertiary/aromatic N) is 1. The van der Waals surface area contributed by atoms with E-state index in [2.05, 4.69) is 10.5 Å². The second kappa shape index (κ2) is 6.70. The van der Waals surface area contributed by atoms with Crippen molar-refractivity contribution in [3.63, 3.8) is 0 Å². The van der Waals surface area contributed by atoms with Crippen LogP contribution in [0.25, 0.3) is 10.1 Å². The third-order valence-electron chi connectivity index (χ3n) is 3.48. The first kappa shape index (κ1) is 17.2. The van der Waals surface area contributed by atoms with Crippen molar-refractivity contribution in [1.82, 2.24) is 5.43 Å². The summed E-state index contributed by atoms with van der Waals surface area (Å²) in [4.78, 5) is 24.5. The molecule has 1 aromatic carbocycles. The minimum atomic E-state index is -0.729. The van der Waals surface area contributed by atoms with Gasteiger partial charge in [0, 0.05) is 16.2 Å². The molecule has 3 rings (SSSR count). The van der Waals surface area contributed by atoms with Crippen LogP contribution in [0.3, 0.4) is 0 Å². The number of amides is 1. The molecule has 0 radical (unpaired) electrons. The number of hydrazone groups is 1. The third-order valence-corrected chi connectivity index (χ3v) is 5.16. The van der Waals surface area contributed by atoms with Gasteiger partial charge in [0.25, 0.3) is 5.91 Å². The molecule has 0 saturated heterocycles. The molecule has 0 unspecified atom stereocenters. The highest BCUT2D eigenvalue weighted by Gasteiger charge is 2.18. The second-order valence-electron chi connectivity index (χ2n) is 5.28. The topological polar surface area (TPSA) is 91.9 Å². The summed E-state index contributed by atoms with van der Waals surface area (Å²) in [6, 6.07) is 8.70. The Morgan fingerprint density at radius 3 is 2.76 bits per heavy atom. The molecule has 0 aliphatic rings. The summed E-state index contributed by atoms with van der Waals surface area (Å²) in [6.45, 7) is 3.02. The Labute approximate surface area is 151 Å². The Morgan fingerprint density at radius 2 is 2.08 bits per heavy atom. The van der Waals surface area contributed by atoms with Crippen LogP contribution in [-0.2, 0) is 0 Å². The van der Waals surface area contributed by atoms with Gasteiger partial charge < -0.3 is 9.52 Å². The van der Waals surface area contributed by atoms with E-state index in [9.17, 15) is 14.7 Å². The number of aromatic hydroxyl groups is 1. The lowest BCUT2D eigenvalue weighted by Crippen LogP contribution is -2.21. The molecule has 6 nitrogen and oxygen atoms in total. The van der Waals surface area contributed by atoms with Gasteiger partial charge in [-0.05, 0) is 19.9 Å². The maximum atomic E-state index is 12.3. The van der Waals surface area contributed by atoms with Crippen LogP contribution in [0, 0.1) is 6.92 Å². The van der Waals surface area contributed by atoms with Crippen LogP contribution in [0.4, 0.5) is 0 Å². The molecule has 0 saturated carbocycles. The van der Waals surface area contributed by atoms with Crippen molar-refractivity contribution >= 4 is 44.6 Å². The number of rotatable bonds is 3. The van der Waals surface area contributed by atoms with E-state index < -0.39 is 11.5 Å². The van der Waals surface area contributed by atoms with Crippen molar-refractivity contribution < 1.29 is 14.3 Å². The van der Waals surface area contributed by atoms with E-state index in [0.717, 1.165) is 10.1 Å². The number of nitrogens with one attached hydrogen (secondary N) is 1. The van der Waals surface area contributed by atoms with Gasteiger partial charge >= 0.3 is 5.63 Å². The maximum Gasteiger partial charge on any atom is 0.348 e. The number of carbonyl (C=O) groups excluding carboxylic acids is 1. The van der Waals surface area contributed by atoms with Gasteiger partial charge in [-0.15, -0.1) is 11.3 Å². The van der Waals surface area contributed by atoms with Crippen molar-refractivity contribution in [2.75, 3.05) is 0 Å². The number of halogens is 1. The molecular weight excluding hydrogens is 364 g/mol. The molecule has 0 aliphatic heterocycles. The van der Waals surface area contributed by atoms with Crippen molar-refractivity contribution in [2.45, 2.75) is 13.8 Å². The Bertz CT molecular complexity index is 1070. The Kier molecular flexibility index (Phi) is 4.61. The molecule has 0 fully saturated rings. The van der Waals surface area contributed by atoms with Crippen LogP contribution in [0.15, 0.2) is 44.6 Å². The summed E-state index contributed by atoms with van der Waals surface area (Å²) in [5, 5.41) is 14.9. The Hall–Kier alpha value is -2.64. The molecule has 0 bridgehead atoms. The van der Waals surface area contributed by atoms with E-state index in [-0.39, 0.29) is 22.8 Å². The fraction of sp³-hybridized carbons (Fsp3) is 0.118. The lowest BCUT2D eigenvalue weighted by Gasteiger charge is -2.04. The van der Waals surface area contributed by atoms with Crippen LogP contribution in [0.1, 0.15) is 27.9 Å². The van der Waals surface area contributed by atoms with Crippen molar-refractivity contribution in [3.8, 4) is 5.75 Å². The zero-order valence-electron chi connectivity index (χ0n) is 13.3. The highest BCUT2D eigenvalue weighted by Crippen LogP contribution is 2.34. The minimum absolute atomic E-state index is 0.103. The summed E-state index contributed by atoms with van der Waals surface area (Å²) in [7, 11) is 0. The van der Waals surface area contributed by atoms with Crippen molar-refractivity contribution in [3.05, 3.63) is 62.0 Å². The van der Waals surface area contributed by atoms with Gasteiger partial charge in [-0.1, -0.05) is 29.8 Å². The normalized spacial score (nSPS) is 11.7. The van der Waals surface area contributed by atoms with E-state index in [0.29, 0.717) is 9.90 Å². The first-order valence-electron chi connectivity index (χ1n) is 7.24. The Balaban J connectivity index is 1.89. The predicted octanol–water partition coefficient (Wildman–Crippen LogP) is 3.68. The molecule has 0 aliphatic carbocycles.